The lowest BCUT2D eigenvalue weighted by Crippen LogP contribution is -2.47. The lowest BCUT2D eigenvalue weighted by molar-refractivity contribution is -0.158. The molecule has 12 heteroatoms. The number of ether oxygens (including phenoxy) is 8. The third kappa shape index (κ3) is 6.23. The molecule has 1 amide bonds. The number of benzene rings is 4. The number of fused-ring (bicyclic) bond motifs is 6. The van der Waals surface area contributed by atoms with Gasteiger partial charge < -0.3 is 43.2 Å². The fourth-order valence-electron chi connectivity index (χ4n) is 8.58. The average molecular weight is 750 g/mol. The molecule has 55 heavy (non-hydrogen) atoms. The topological polar surface area (TPSA) is 137 Å². The van der Waals surface area contributed by atoms with E-state index in [0.29, 0.717) is 51.9 Å². The van der Waals surface area contributed by atoms with Gasteiger partial charge in [-0.1, -0.05) is 68.8 Å². The minimum Gasteiger partial charge on any atom is -0.493 e. The van der Waals surface area contributed by atoms with Crippen molar-refractivity contribution in [3.8, 4) is 39.9 Å². The van der Waals surface area contributed by atoms with Gasteiger partial charge >= 0.3 is 18.0 Å². The van der Waals surface area contributed by atoms with Crippen LogP contribution in [0.25, 0.3) is 11.1 Å². The molecule has 4 aromatic rings. The van der Waals surface area contributed by atoms with Crippen molar-refractivity contribution < 1.29 is 52.3 Å². The minimum atomic E-state index is -1.04. The maximum atomic E-state index is 14.3. The average Bonchev–Trinajstić information content (AvgIpc) is 3.92. The molecule has 1 saturated heterocycles. The molecule has 286 valence electrons. The Hall–Kier alpha value is -5.91. The third-order valence-corrected chi connectivity index (χ3v) is 11.5. The van der Waals surface area contributed by atoms with Crippen molar-refractivity contribution >= 4 is 18.0 Å². The Morgan fingerprint density at radius 3 is 2.04 bits per heavy atom. The number of cyclic esters (lactones) is 1. The molecular formula is C43H43NO11. The summed E-state index contributed by atoms with van der Waals surface area (Å²) >= 11 is 0. The number of carbonyl (C=O) groups is 3. The van der Waals surface area contributed by atoms with E-state index in [1.807, 2.05) is 68.4 Å². The van der Waals surface area contributed by atoms with E-state index < -0.39 is 47.9 Å². The summed E-state index contributed by atoms with van der Waals surface area (Å²) in [7, 11) is 4.58. The summed E-state index contributed by atoms with van der Waals surface area (Å²) in [5, 5.41) is 2.82. The molecule has 8 rings (SSSR count). The van der Waals surface area contributed by atoms with Gasteiger partial charge in [0.15, 0.2) is 23.0 Å². The molecule has 1 N–H and O–H groups in total. The molecule has 2 aliphatic carbocycles. The molecule has 2 aliphatic heterocycles. The molecule has 12 nitrogen and oxygen atoms in total. The van der Waals surface area contributed by atoms with Crippen molar-refractivity contribution in [2.45, 2.75) is 44.2 Å². The third-order valence-electron chi connectivity index (χ3n) is 11.5. The number of hydrogen-bond acceptors (Lipinski definition) is 11. The molecule has 2 heterocycles. The van der Waals surface area contributed by atoms with Gasteiger partial charge in [0.2, 0.25) is 12.5 Å². The lowest BCUT2D eigenvalue weighted by Gasteiger charge is -2.39. The van der Waals surface area contributed by atoms with Crippen molar-refractivity contribution in [1.82, 2.24) is 5.32 Å². The molecule has 4 unspecified atom stereocenters. The smallest absolute Gasteiger partial charge is 0.407 e. The zero-order valence-electron chi connectivity index (χ0n) is 31.3. The van der Waals surface area contributed by atoms with Gasteiger partial charge in [-0.15, -0.1) is 0 Å². The second-order valence-electron chi connectivity index (χ2n) is 14.3. The van der Waals surface area contributed by atoms with E-state index in [1.165, 1.54) is 21.3 Å². The zero-order valence-corrected chi connectivity index (χ0v) is 31.3. The predicted molar refractivity (Wildman–Crippen MR) is 199 cm³/mol. The van der Waals surface area contributed by atoms with Gasteiger partial charge in [-0.25, -0.2) is 9.59 Å². The Bertz CT molecular complexity index is 2080. The first-order valence-corrected chi connectivity index (χ1v) is 18.5. The Balaban J connectivity index is 1.09. The molecule has 0 saturated carbocycles. The summed E-state index contributed by atoms with van der Waals surface area (Å²) in [5.74, 6) is -1.16. The van der Waals surface area contributed by atoms with E-state index in [-0.39, 0.29) is 31.8 Å². The number of esters is 2. The Labute approximate surface area is 318 Å². The Kier molecular flexibility index (Phi) is 9.66. The maximum Gasteiger partial charge on any atom is 0.407 e. The van der Waals surface area contributed by atoms with Gasteiger partial charge in [-0.3, -0.25) is 4.79 Å². The van der Waals surface area contributed by atoms with E-state index in [0.717, 1.165) is 22.3 Å². The molecule has 0 bridgehead atoms. The summed E-state index contributed by atoms with van der Waals surface area (Å²) in [6.07, 6.45) is -1.07. The standard InChI is InChI=1S/C43H43NO11/c1-6-22(2)38(44-43(47)52-19-30-26-13-9-7-11-24(26)25-12-8-10-14-27(25)30)42(46)55-39-29-18-33-32(53-21-54-33)17-28(29)36(37-31(39)20-51-41(37)45)23-15-34(48-3)40(50-5)35(16-23)49-4/h7-18,22,30-31,36-39H,6,19-21H2,1-5H3,(H,44,47)/t22-,31?,36?,37?,38+,39?/m0/s1. The molecule has 4 aromatic carbocycles. The maximum absolute atomic E-state index is 14.3. The second-order valence-corrected chi connectivity index (χ2v) is 14.3. The molecule has 0 aromatic heterocycles. The van der Waals surface area contributed by atoms with Crippen molar-refractivity contribution in [2.75, 3.05) is 41.3 Å². The van der Waals surface area contributed by atoms with Crippen LogP contribution in [0.5, 0.6) is 28.7 Å². The summed E-state index contributed by atoms with van der Waals surface area (Å²) in [4.78, 5) is 41.5. The highest BCUT2D eigenvalue weighted by Crippen LogP contribution is 2.56. The van der Waals surface area contributed by atoms with Crippen molar-refractivity contribution in [2.24, 2.45) is 17.8 Å². The number of hydrogen-bond donors (Lipinski definition) is 1. The van der Waals surface area contributed by atoms with Crippen LogP contribution in [-0.4, -0.2) is 65.4 Å². The SMILES string of the molecule is CC[C@H](C)[C@@H](NC(=O)OCC1c2ccccc2-c2ccccc21)C(=O)OC1c2cc3c(cc2C(c2cc(OC)c(OC)c(OC)c2)C2C(=O)OCC12)OCO3. The van der Waals surface area contributed by atoms with Crippen LogP contribution in [0, 0.1) is 17.8 Å². The van der Waals surface area contributed by atoms with Crippen LogP contribution in [0.15, 0.2) is 72.8 Å². The van der Waals surface area contributed by atoms with Gasteiger partial charge in [-0.05, 0) is 63.6 Å². The number of alkyl carbamates (subject to hydrolysis) is 1. The molecule has 4 aliphatic rings. The first-order chi connectivity index (χ1) is 26.8. The summed E-state index contributed by atoms with van der Waals surface area (Å²) in [5.41, 5.74) is 6.44. The van der Waals surface area contributed by atoms with Gasteiger partial charge in [0.25, 0.3) is 0 Å². The molecular weight excluding hydrogens is 706 g/mol. The zero-order chi connectivity index (χ0) is 38.4. The first-order valence-electron chi connectivity index (χ1n) is 18.5. The fraction of sp³-hybridized carbons (Fsp3) is 0.372. The summed E-state index contributed by atoms with van der Waals surface area (Å²) in [6, 6.07) is 22.4. The van der Waals surface area contributed by atoms with Crippen LogP contribution >= 0.6 is 0 Å². The fourth-order valence-corrected chi connectivity index (χ4v) is 8.58. The highest BCUT2D eigenvalue weighted by molar-refractivity contribution is 5.83. The first kappa shape index (κ1) is 36.1. The van der Waals surface area contributed by atoms with E-state index in [4.69, 9.17) is 37.9 Å². The number of rotatable bonds is 11. The van der Waals surface area contributed by atoms with Crippen LogP contribution in [-0.2, 0) is 23.8 Å². The van der Waals surface area contributed by atoms with E-state index in [2.05, 4.69) is 17.4 Å². The van der Waals surface area contributed by atoms with Crippen molar-refractivity contribution in [3.05, 3.63) is 101 Å². The van der Waals surface area contributed by atoms with Crippen molar-refractivity contribution in [1.29, 1.82) is 0 Å². The van der Waals surface area contributed by atoms with Crippen LogP contribution in [0.4, 0.5) is 4.79 Å². The van der Waals surface area contributed by atoms with Gasteiger partial charge in [-0.2, -0.15) is 0 Å². The van der Waals surface area contributed by atoms with E-state index in [1.54, 1.807) is 6.07 Å². The summed E-state index contributed by atoms with van der Waals surface area (Å²) in [6.45, 7) is 3.93. The number of amides is 1. The van der Waals surface area contributed by atoms with Crippen molar-refractivity contribution in [3.63, 3.8) is 0 Å². The molecule has 6 atom stereocenters. The molecule has 1 fully saturated rings. The Morgan fingerprint density at radius 2 is 1.44 bits per heavy atom. The molecule has 0 spiro atoms. The number of methoxy groups -OCH3 is 3. The van der Waals surface area contributed by atoms with Gasteiger partial charge in [0.05, 0.1) is 33.9 Å². The number of nitrogens with one attached hydrogen (secondary N) is 1. The normalized spacial score (nSPS) is 21.2. The Morgan fingerprint density at radius 1 is 0.818 bits per heavy atom. The minimum absolute atomic E-state index is 0.0179. The van der Waals surface area contributed by atoms with Crippen LogP contribution in [0.1, 0.15) is 66.0 Å². The van der Waals surface area contributed by atoms with Gasteiger partial charge in [0, 0.05) is 23.3 Å². The molecule has 0 radical (unpaired) electrons. The lowest BCUT2D eigenvalue weighted by atomic mass is 9.66. The second kappa shape index (κ2) is 14.7. The monoisotopic (exact) mass is 749 g/mol. The quantitative estimate of drug-likeness (QED) is 0.127. The van der Waals surface area contributed by atoms with Crippen LogP contribution in [0.2, 0.25) is 0 Å². The predicted octanol–water partition coefficient (Wildman–Crippen LogP) is 6.91. The van der Waals surface area contributed by atoms with Gasteiger partial charge in [0.1, 0.15) is 18.8 Å². The highest BCUT2D eigenvalue weighted by atomic mass is 16.7. The highest BCUT2D eigenvalue weighted by Gasteiger charge is 2.54. The van der Waals surface area contributed by atoms with E-state index in [9.17, 15) is 14.4 Å². The number of carbonyl (C=O) groups excluding carboxylic acids is 3. The summed E-state index contributed by atoms with van der Waals surface area (Å²) < 4.78 is 46.4. The van der Waals surface area contributed by atoms with E-state index >= 15 is 0 Å². The van der Waals surface area contributed by atoms with Crippen LogP contribution in [0.3, 0.4) is 0 Å². The van der Waals surface area contributed by atoms with Crippen LogP contribution < -0.4 is 29.0 Å². The largest absolute Gasteiger partial charge is 0.493 e.